The molecule has 0 saturated carbocycles. The van der Waals surface area contributed by atoms with Gasteiger partial charge in [0.1, 0.15) is 5.82 Å². The number of nitrogens with zero attached hydrogens (tertiary/aromatic N) is 2. The first-order chi connectivity index (χ1) is 7.38. The van der Waals surface area contributed by atoms with Gasteiger partial charge < -0.3 is 0 Å². The lowest BCUT2D eigenvalue weighted by molar-refractivity contribution is 0.998. The maximum absolute atomic E-state index is 11.9. The highest BCUT2D eigenvalue weighted by Crippen LogP contribution is 2.18. The third kappa shape index (κ3) is 1.06. The summed E-state index contributed by atoms with van der Waals surface area (Å²) in [6.45, 7) is 0. The van der Waals surface area contributed by atoms with Crippen molar-refractivity contribution in [2.75, 3.05) is 0 Å². The standard InChI is InChI=1S/C12H8N2O/c15-12-10-6-2-1-5-9(10)11-13-7-3-4-8-14(11)12/h1-8H. The van der Waals surface area contributed by atoms with Crippen molar-refractivity contribution in [2.45, 2.75) is 0 Å². The van der Waals surface area contributed by atoms with Gasteiger partial charge in [-0.15, -0.1) is 0 Å². The van der Waals surface area contributed by atoms with E-state index in [1.165, 1.54) is 0 Å². The van der Waals surface area contributed by atoms with E-state index in [9.17, 15) is 4.79 Å². The third-order valence-corrected chi connectivity index (χ3v) is 2.47. The normalized spacial score (nSPS) is 10.9. The Labute approximate surface area is 86.0 Å². The maximum Gasteiger partial charge on any atom is 0.264 e. The molecule has 0 amide bonds. The van der Waals surface area contributed by atoms with E-state index in [2.05, 4.69) is 4.98 Å². The molecule has 72 valence electrons. The molecular weight excluding hydrogens is 188 g/mol. The summed E-state index contributed by atoms with van der Waals surface area (Å²) in [6, 6.07) is 11.1. The first-order valence-electron chi connectivity index (χ1n) is 4.72. The summed E-state index contributed by atoms with van der Waals surface area (Å²) in [5.74, 6) is 0.709. The highest BCUT2D eigenvalue weighted by molar-refractivity contribution is 5.90. The molecule has 0 saturated heterocycles. The third-order valence-electron chi connectivity index (χ3n) is 2.47. The Morgan fingerprint density at radius 3 is 2.67 bits per heavy atom. The molecule has 0 spiro atoms. The van der Waals surface area contributed by atoms with Crippen LogP contribution in [0.1, 0.15) is 0 Å². The van der Waals surface area contributed by atoms with Gasteiger partial charge >= 0.3 is 0 Å². The molecule has 0 N–H and O–H groups in total. The zero-order valence-electron chi connectivity index (χ0n) is 7.92. The topological polar surface area (TPSA) is 34.9 Å². The smallest absolute Gasteiger partial charge is 0.264 e. The molecule has 2 aliphatic rings. The Morgan fingerprint density at radius 1 is 1.00 bits per heavy atom. The fourth-order valence-corrected chi connectivity index (χ4v) is 1.79. The lowest BCUT2D eigenvalue weighted by Crippen LogP contribution is -2.10. The molecular formula is C12H8N2O. The number of aromatic nitrogens is 2. The van der Waals surface area contributed by atoms with Gasteiger partial charge in [-0.2, -0.15) is 0 Å². The van der Waals surface area contributed by atoms with Crippen LogP contribution in [0.3, 0.4) is 0 Å². The van der Waals surface area contributed by atoms with Crippen LogP contribution in [0.4, 0.5) is 0 Å². The lowest BCUT2D eigenvalue weighted by atomic mass is 10.2. The van der Waals surface area contributed by atoms with E-state index >= 15 is 0 Å². The van der Waals surface area contributed by atoms with Crippen LogP contribution >= 0.6 is 0 Å². The van der Waals surface area contributed by atoms with E-state index in [0.717, 1.165) is 10.8 Å². The van der Waals surface area contributed by atoms with Crippen LogP contribution in [0.15, 0.2) is 53.6 Å². The van der Waals surface area contributed by atoms with E-state index in [4.69, 9.17) is 0 Å². The highest BCUT2D eigenvalue weighted by atomic mass is 16.1. The van der Waals surface area contributed by atoms with Crippen LogP contribution in [-0.2, 0) is 0 Å². The SMILES string of the molecule is O=c1c2ccccc2c2nccccn1-2. The second kappa shape index (κ2) is 2.92. The zero-order valence-corrected chi connectivity index (χ0v) is 7.92. The van der Waals surface area contributed by atoms with Gasteiger partial charge in [0.05, 0.1) is 5.39 Å². The largest absolute Gasteiger partial charge is 0.268 e. The minimum Gasteiger partial charge on any atom is -0.268 e. The van der Waals surface area contributed by atoms with Crippen LogP contribution in [0.5, 0.6) is 0 Å². The molecule has 0 bridgehead atoms. The van der Waals surface area contributed by atoms with Crippen molar-refractivity contribution in [2.24, 2.45) is 0 Å². The second-order valence-corrected chi connectivity index (χ2v) is 3.36. The number of hydrogen-bond donors (Lipinski definition) is 0. The second-order valence-electron chi connectivity index (χ2n) is 3.36. The predicted octanol–water partition coefficient (Wildman–Crippen LogP) is 1.82. The van der Waals surface area contributed by atoms with Gasteiger partial charge in [-0.1, -0.05) is 18.2 Å². The minimum atomic E-state index is -0.00991. The lowest BCUT2D eigenvalue weighted by Gasteiger charge is -1.93. The van der Waals surface area contributed by atoms with Gasteiger partial charge in [0.2, 0.25) is 0 Å². The number of benzene rings is 1. The molecule has 0 aliphatic carbocycles. The molecule has 0 radical (unpaired) electrons. The summed E-state index contributed by atoms with van der Waals surface area (Å²) in [7, 11) is 0. The van der Waals surface area contributed by atoms with Gasteiger partial charge in [-0.3, -0.25) is 9.36 Å². The Hall–Kier alpha value is -2.16. The van der Waals surface area contributed by atoms with Crippen molar-refractivity contribution in [3.05, 3.63) is 59.1 Å². The van der Waals surface area contributed by atoms with E-state index in [-0.39, 0.29) is 5.56 Å². The monoisotopic (exact) mass is 196 g/mol. The Kier molecular flexibility index (Phi) is 1.59. The summed E-state index contributed by atoms with van der Waals surface area (Å²) in [6.07, 6.45) is 3.44. The Bertz CT molecular complexity index is 657. The fourth-order valence-electron chi connectivity index (χ4n) is 1.79. The molecule has 0 atom stereocenters. The number of hydrogen-bond acceptors (Lipinski definition) is 2. The van der Waals surface area contributed by atoms with Gasteiger partial charge in [-0.05, 0) is 18.2 Å². The van der Waals surface area contributed by atoms with Gasteiger partial charge in [0, 0.05) is 17.8 Å². The van der Waals surface area contributed by atoms with E-state index in [1.807, 2.05) is 24.3 Å². The van der Waals surface area contributed by atoms with Gasteiger partial charge in [0.25, 0.3) is 5.56 Å². The molecule has 3 nitrogen and oxygen atoms in total. The summed E-state index contributed by atoms with van der Waals surface area (Å²) < 4.78 is 1.57. The van der Waals surface area contributed by atoms with Crippen molar-refractivity contribution in [3.63, 3.8) is 0 Å². The van der Waals surface area contributed by atoms with Gasteiger partial charge in [-0.25, -0.2) is 4.98 Å². The molecule has 0 fully saturated rings. The summed E-state index contributed by atoms with van der Waals surface area (Å²) in [4.78, 5) is 16.2. The molecule has 1 aromatic carbocycles. The Balaban J connectivity index is 2.64. The fraction of sp³-hybridized carbons (Fsp3) is 0. The van der Waals surface area contributed by atoms with Crippen LogP contribution in [-0.4, -0.2) is 9.55 Å². The summed E-state index contributed by atoms with van der Waals surface area (Å²) in [5, 5.41) is 1.62. The molecule has 0 aromatic heterocycles. The van der Waals surface area contributed by atoms with Crippen molar-refractivity contribution in [3.8, 4) is 5.82 Å². The molecule has 0 unspecified atom stereocenters. The maximum atomic E-state index is 11.9. The summed E-state index contributed by atoms with van der Waals surface area (Å²) >= 11 is 0. The average Bonchev–Trinajstić information content (AvgIpc) is 2.48. The number of fused-ring (bicyclic) bond motifs is 3. The van der Waals surface area contributed by atoms with E-state index in [1.54, 1.807) is 29.1 Å². The highest BCUT2D eigenvalue weighted by Gasteiger charge is 2.12. The predicted molar refractivity (Wildman–Crippen MR) is 58.5 cm³/mol. The van der Waals surface area contributed by atoms with Crippen LogP contribution in [0, 0.1) is 0 Å². The first kappa shape index (κ1) is 8.17. The summed E-state index contributed by atoms with van der Waals surface area (Å²) in [5.41, 5.74) is -0.00991. The zero-order chi connectivity index (χ0) is 10.3. The van der Waals surface area contributed by atoms with Crippen molar-refractivity contribution in [1.29, 1.82) is 0 Å². The van der Waals surface area contributed by atoms with E-state index in [0.29, 0.717) is 5.82 Å². The van der Waals surface area contributed by atoms with Crippen molar-refractivity contribution >= 4 is 10.8 Å². The van der Waals surface area contributed by atoms with Crippen LogP contribution < -0.4 is 5.56 Å². The van der Waals surface area contributed by atoms with Gasteiger partial charge in [0.15, 0.2) is 0 Å². The molecule has 1 aromatic rings. The van der Waals surface area contributed by atoms with Crippen molar-refractivity contribution in [1.82, 2.24) is 9.55 Å². The molecule has 3 heteroatoms. The Morgan fingerprint density at radius 2 is 1.80 bits per heavy atom. The molecule has 2 aliphatic heterocycles. The quantitative estimate of drug-likeness (QED) is 0.549. The van der Waals surface area contributed by atoms with Crippen LogP contribution in [0.2, 0.25) is 0 Å². The number of rotatable bonds is 0. The average molecular weight is 196 g/mol. The van der Waals surface area contributed by atoms with Crippen molar-refractivity contribution < 1.29 is 0 Å². The van der Waals surface area contributed by atoms with E-state index < -0.39 is 0 Å². The first-order valence-corrected chi connectivity index (χ1v) is 4.72. The molecule has 15 heavy (non-hydrogen) atoms. The molecule has 3 rings (SSSR count). The minimum absolute atomic E-state index is 0.00991. The molecule has 2 heterocycles. The van der Waals surface area contributed by atoms with Crippen LogP contribution in [0.25, 0.3) is 16.6 Å².